The maximum Gasteiger partial charge on any atom is 0.250 e. The molecule has 7 heteroatoms. The Morgan fingerprint density at radius 2 is 2.00 bits per heavy atom. The molecule has 0 saturated carbocycles. The Morgan fingerprint density at radius 3 is 2.69 bits per heavy atom. The van der Waals surface area contributed by atoms with Gasteiger partial charge >= 0.3 is 0 Å². The van der Waals surface area contributed by atoms with Gasteiger partial charge in [0.2, 0.25) is 0 Å². The van der Waals surface area contributed by atoms with Crippen LogP contribution in [0.1, 0.15) is 34.7 Å². The highest BCUT2D eigenvalue weighted by atomic mass is 16.1. The number of nitrogens with one attached hydrogen (secondary N) is 1. The summed E-state index contributed by atoms with van der Waals surface area (Å²) in [5.41, 5.74) is 8.45. The summed E-state index contributed by atoms with van der Waals surface area (Å²) in [7, 11) is 12.4. The second-order valence-electron chi connectivity index (χ2n) is 6.83. The molecule has 2 aromatic carbocycles. The molecule has 4 rings (SSSR count). The molecule has 1 fully saturated rings. The van der Waals surface area contributed by atoms with Crippen molar-refractivity contribution in [1.82, 2.24) is 15.1 Å². The van der Waals surface area contributed by atoms with Crippen LogP contribution in [0.3, 0.4) is 0 Å². The number of piperidine rings is 1. The molecule has 1 aliphatic heterocycles. The van der Waals surface area contributed by atoms with Gasteiger partial charge in [0.05, 0.1) is 26.9 Å². The molecule has 1 atom stereocenters. The number of amides is 1. The lowest BCUT2D eigenvalue weighted by molar-refractivity contribution is 0.100. The highest BCUT2D eigenvalue weighted by Gasteiger charge is 2.31. The normalized spacial score (nSPS) is 19.5. The molecule has 1 unspecified atom stereocenters. The first kappa shape index (κ1) is 16.9. The van der Waals surface area contributed by atoms with E-state index in [-0.39, 0.29) is 5.92 Å². The molecule has 1 aromatic heterocycles. The van der Waals surface area contributed by atoms with Gasteiger partial charge in [-0.15, -0.1) is 0 Å². The second kappa shape index (κ2) is 6.32. The lowest BCUT2D eigenvalue weighted by Gasteiger charge is -2.41. The minimum absolute atomic E-state index is 0.0588. The van der Waals surface area contributed by atoms with Gasteiger partial charge in [0.1, 0.15) is 5.52 Å². The molecule has 26 heavy (non-hydrogen) atoms. The third kappa shape index (κ3) is 2.92. The average molecular weight is 340 g/mol. The average Bonchev–Trinajstić information content (AvgIpc) is 3.05. The van der Waals surface area contributed by atoms with Crippen molar-refractivity contribution in [3.8, 4) is 5.69 Å². The summed E-state index contributed by atoms with van der Waals surface area (Å²) >= 11 is 0. The second-order valence-corrected chi connectivity index (χ2v) is 6.83. The maximum atomic E-state index is 11.6. The largest absolute Gasteiger partial charge is 0.366 e. The summed E-state index contributed by atoms with van der Waals surface area (Å²) in [5, 5.41) is 7.68. The lowest BCUT2D eigenvalue weighted by atomic mass is 9.51. The highest BCUT2D eigenvalue weighted by Crippen LogP contribution is 2.32. The van der Waals surface area contributed by atoms with Crippen LogP contribution in [0.2, 0.25) is 0 Å². The van der Waals surface area contributed by atoms with Crippen molar-refractivity contribution in [2.75, 3.05) is 6.54 Å². The molecular formula is C19H18B2N4O. The first-order valence-corrected chi connectivity index (χ1v) is 8.67. The highest BCUT2D eigenvalue weighted by molar-refractivity contribution is 6.40. The van der Waals surface area contributed by atoms with Crippen LogP contribution in [-0.2, 0) is 0 Å². The number of hydrogen-bond acceptors (Lipinski definition) is 3. The number of rotatable bonds is 3. The van der Waals surface area contributed by atoms with E-state index in [0.717, 1.165) is 36.0 Å². The molecule has 126 valence electrons. The zero-order valence-corrected chi connectivity index (χ0v) is 14.4. The molecule has 0 aliphatic carbocycles. The molecule has 1 aliphatic rings. The van der Waals surface area contributed by atoms with Gasteiger partial charge < -0.3 is 11.1 Å². The van der Waals surface area contributed by atoms with Gasteiger partial charge in [0.15, 0.2) is 0 Å². The Kier molecular flexibility index (Phi) is 4.11. The van der Waals surface area contributed by atoms with Crippen LogP contribution in [0.5, 0.6) is 0 Å². The third-order valence-electron chi connectivity index (χ3n) is 5.04. The minimum Gasteiger partial charge on any atom is -0.366 e. The monoisotopic (exact) mass is 340 g/mol. The Morgan fingerprint density at radius 1 is 1.23 bits per heavy atom. The lowest BCUT2D eigenvalue weighted by Crippen LogP contribution is -2.54. The quantitative estimate of drug-likeness (QED) is 0.711. The van der Waals surface area contributed by atoms with E-state index in [1.807, 2.05) is 36.5 Å². The van der Waals surface area contributed by atoms with Crippen molar-refractivity contribution < 1.29 is 4.79 Å². The Labute approximate surface area is 154 Å². The smallest absolute Gasteiger partial charge is 0.250 e. The topological polar surface area (TPSA) is 72.9 Å². The van der Waals surface area contributed by atoms with Crippen molar-refractivity contribution in [3.63, 3.8) is 0 Å². The van der Waals surface area contributed by atoms with E-state index in [4.69, 9.17) is 21.4 Å². The van der Waals surface area contributed by atoms with Crippen LogP contribution in [0.25, 0.3) is 16.6 Å². The summed E-state index contributed by atoms with van der Waals surface area (Å²) in [6, 6.07) is 13.4. The molecule has 2 heterocycles. The van der Waals surface area contributed by atoms with Crippen molar-refractivity contribution in [2.45, 2.75) is 24.1 Å². The molecular weight excluding hydrogens is 322 g/mol. The predicted octanol–water partition coefficient (Wildman–Crippen LogP) is 1.58. The number of primary amides is 1. The number of benzene rings is 2. The fraction of sp³-hybridized carbons (Fsp3) is 0.263. The molecule has 0 spiro atoms. The fourth-order valence-corrected chi connectivity index (χ4v) is 3.65. The van der Waals surface area contributed by atoms with Gasteiger partial charge in [-0.3, -0.25) is 4.79 Å². The van der Waals surface area contributed by atoms with Crippen LogP contribution in [-0.4, -0.2) is 43.3 Å². The van der Waals surface area contributed by atoms with Gasteiger partial charge in [-0.1, -0.05) is 24.3 Å². The van der Waals surface area contributed by atoms with Crippen LogP contribution in [0.15, 0.2) is 48.7 Å². The summed E-state index contributed by atoms with van der Waals surface area (Å²) in [6.45, 7) is 0.837. The number of nitrogens with zero attached hydrogens (tertiary/aromatic N) is 2. The van der Waals surface area contributed by atoms with Gasteiger partial charge in [0, 0.05) is 11.6 Å². The molecule has 3 N–H and O–H groups in total. The Balaban J connectivity index is 1.68. The van der Waals surface area contributed by atoms with E-state index in [1.165, 1.54) is 0 Å². The molecule has 3 aromatic rings. The van der Waals surface area contributed by atoms with E-state index in [9.17, 15) is 4.79 Å². The Hall–Kier alpha value is -2.53. The van der Waals surface area contributed by atoms with E-state index in [2.05, 4.69) is 10.4 Å². The van der Waals surface area contributed by atoms with E-state index >= 15 is 0 Å². The molecule has 0 bridgehead atoms. The zero-order valence-electron chi connectivity index (χ0n) is 14.4. The SMILES string of the molecule is [B]C1([B])NCCCC1c1ccc(-n2cc3cccc(C(N)=O)c3n2)cc1. The van der Waals surface area contributed by atoms with Crippen molar-refractivity contribution in [1.29, 1.82) is 0 Å². The standard InChI is InChI=1S/C19H18B2N4O/c20-19(21)16(5-2-10-23-19)12-6-8-14(9-7-12)25-11-13-3-1-4-15(18(22)26)17(13)24-25/h1,3-4,6-9,11,16,23H,2,5,10H2,(H2,22,26). The number of nitrogens with two attached hydrogens (primary N) is 1. The van der Waals surface area contributed by atoms with E-state index < -0.39 is 11.2 Å². The van der Waals surface area contributed by atoms with Crippen LogP contribution in [0, 0.1) is 0 Å². The summed E-state index contributed by atoms with van der Waals surface area (Å²) < 4.78 is 1.75. The van der Waals surface area contributed by atoms with Crippen LogP contribution >= 0.6 is 0 Å². The number of carbonyl (C=O) groups is 1. The number of carbonyl (C=O) groups excluding carboxylic acids is 1. The fourth-order valence-electron chi connectivity index (χ4n) is 3.65. The van der Waals surface area contributed by atoms with Gasteiger partial charge in [-0.05, 0) is 54.4 Å². The maximum absolute atomic E-state index is 11.6. The molecule has 5 nitrogen and oxygen atoms in total. The summed E-state index contributed by atoms with van der Waals surface area (Å²) in [4.78, 5) is 11.6. The molecule has 1 saturated heterocycles. The van der Waals surface area contributed by atoms with Gasteiger partial charge in [-0.25, -0.2) is 4.68 Å². The molecule has 1 amide bonds. The first-order chi connectivity index (χ1) is 12.5. The number of fused-ring (bicyclic) bond motifs is 1. The minimum atomic E-state index is -0.892. The molecule has 4 radical (unpaired) electrons. The van der Waals surface area contributed by atoms with Crippen molar-refractivity contribution >= 4 is 32.5 Å². The zero-order chi connectivity index (χ0) is 18.3. The van der Waals surface area contributed by atoms with Gasteiger partial charge in [0.25, 0.3) is 5.91 Å². The van der Waals surface area contributed by atoms with Crippen LogP contribution in [0.4, 0.5) is 0 Å². The number of hydrogen-bond donors (Lipinski definition) is 2. The first-order valence-electron chi connectivity index (χ1n) is 8.67. The van der Waals surface area contributed by atoms with Crippen molar-refractivity contribution in [3.05, 3.63) is 59.8 Å². The van der Waals surface area contributed by atoms with Crippen molar-refractivity contribution in [2.24, 2.45) is 5.73 Å². The summed E-state index contributed by atoms with van der Waals surface area (Å²) in [5.74, 6) is -0.424. The number of aromatic nitrogens is 2. The van der Waals surface area contributed by atoms with Gasteiger partial charge in [-0.2, -0.15) is 5.10 Å². The van der Waals surface area contributed by atoms with E-state index in [1.54, 1.807) is 16.8 Å². The predicted molar refractivity (Wildman–Crippen MR) is 104 cm³/mol. The summed E-state index contributed by atoms with van der Waals surface area (Å²) in [6.07, 6.45) is 3.88. The Bertz CT molecular complexity index is 965. The van der Waals surface area contributed by atoms with E-state index in [0.29, 0.717) is 11.1 Å². The van der Waals surface area contributed by atoms with Crippen LogP contribution < -0.4 is 11.1 Å². The third-order valence-corrected chi connectivity index (χ3v) is 5.04.